The highest BCUT2D eigenvalue weighted by molar-refractivity contribution is 5.92. The second-order valence-corrected chi connectivity index (χ2v) is 10.6. The predicted molar refractivity (Wildman–Crippen MR) is 113 cm³/mol. The van der Waals surface area contributed by atoms with Crippen molar-refractivity contribution in [3.63, 3.8) is 0 Å². The topological polar surface area (TPSA) is 88.3 Å². The molecule has 3 fully saturated rings. The summed E-state index contributed by atoms with van der Waals surface area (Å²) in [7, 11) is 1.63. The van der Waals surface area contributed by atoms with Gasteiger partial charge in [-0.3, -0.25) is 4.79 Å². The van der Waals surface area contributed by atoms with Crippen LogP contribution in [0.15, 0.2) is 16.8 Å². The number of carbonyl (C=O) groups is 1. The summed E-state index contributed by atoms with van der Waals surface area (Å²) in [4.78, 5) is 11.4. The van der Waals surface area contributed by atoms with Gasteiger partial charge in [-0.25, -0.2) is 0 Å². The summed E-state index contributed by atoms with van der Waals surface area (Å²) in [6.07, 6.45) is 8.20. The number of methoxy groups -OCH3 is 1. The third-order valence-corrected chi connectivity index (χ3v) is 9.59. The van der Waals surface area contributed by atoms with E-state index < -0.39 is 11.7 Å². The molecule has 2 N–H and O–H groups in total. The Morgan fingerprint density at radius 3 is 2.57 bits per heavy atom. The van der Waals surface area contributed by atoms with Crippen LogP contribution < -0.4 is 0 Å². The van der Waals surface area contributed by atoms with Crippen LogP contribution in [0.2, 0.25) is 0 Å². The third kappa shape index (κ3) is 2.75. The molecule has 4 aliphatic rings. The van der Waals surface area contributed by atoms with Gasteiger partial charge >= 0.3 is 5.97 Å². The lowest BCUT2D eigenvalue weighted by Crippen LogP contribution is -2.60. The molecule has 0 aliphatic heterocycles. The van der Waals surface area contributed by atoms with Gasteiger partial charge in [0.2, 0.25) is 0 Å². The van der Waals surface area contributed by atoms with Crippen LogP contribution in [-0.4, -0.2) is 46.9 Å². The highest BCUT2D eigenvalue weighted by atomic mass is 16.5. The number of esters is 1. The zero-order chi connectivity index (χ0) is 21.9. The van der Waals surface area contributed by atoms with E-state index in [1.54, 1.807) is 14.0 Å². The Balaban J connectivity index is 1.66. The number of hydrogen-bond donors (Lipinski definition) is 2. The Labute approximate surface area is 179 Å². The molecule has 0 amide bonds. The first-order chi connectivity index (χ1) is 14.1. The molecule has 3 saturated carbocycles. The molecular weight excluding hydrogens is 382 g/mol. The molecule has 168 valence electrons. The van der Waals surface area contributed by atoms with Gasteiger partial charge in [-0.1, -0.05) is 30.7 Å². The van der Waals surface area contributed by atoms with E-state index in [1.165, 1.54) is 12.5 Å². The van der Waals surface area contributed by atoms with Crippen molar-refractivity contribution in [2.75, 3.05) is 7.11 Å². The second-order valence-electron chi connectivity index (χ2n) is 10.6. The molecule has 0 spiro atoms. The van der Waals surface area contributed by atoms with Crippen molar-refractivity contribution in [1.82, 2.24) is 0 Å². The second kappa shape index (κ2) is 7.33. The summed E-state index contributed by atoms with van der Waals surface area (Å²) in [5.74, 6) is 1.15. The maximum absolute atomic E-state index is 11.4. The van der Waals surface area contributed by atoms with E-state index in [1.807, 2.05) is 0 Å². The van der Waals surface area contributed by atoms with Gasteiger partial charge in [0.15, 0.2) is 0 Å². The van der Waals surface area contributed by atoms with E-state index in [-0.39, 0.29) is 22.9 Å². The van der Waals surface area contributed by atoms with Crippen molar-refractivity contribution >= 4 is 11.7 Å². The number of oxime groups is 1. The standard InChI is InChI=1S/C24H37NO5/c1-14(25-28)24(29-5)21(27)13-20-18-7-6-16-12-17(30-15(2)26)8-10-22(16,3)19(18)9-11-23(20,24)4/h6,17-21,27-28H,7-13H2,1-5H3/t17-,18-,19+,20+,21+,22-,23-,24+/m0/s1. The number of hydrogen-bond acceptors (Lipinski definition) is 6. The predicted octanol–water partition coefficient (Wildman–Crippen LogP) is 4.09. The normalized spacial score (nSPS) is 48.3. The fraction of sp³-hybridized carbons (Fsp3) is 0.833. The molecule has 4 aliphatic carbocycles. The molecule has 0 aromatic heterocycles. The first-order valence-electron chi connectivity index (χ1n) is 11.4. The van der Waals surface area contributed by atoms with E-state index in [9.17, 15) is 15.1 Å². The van der Waals surface area contributed by atoms with Crippen LogP contribution in [0.3, 0.4) is 0 Å². The maximum atomic E-state index is 11.4. The van der Waals surface area contributed by atoms with E-state index in [0.717, 1.165) is 38.5 Å². The monoisotopic (exact) mass is 419 g/mol. The molecule has 0 bridgehead atoms. The number of carbonyl (C=O) groups excluding carboxylic acids is 1. The number of rotatable bonds is 3. The van der Waals surface area contributed by atoms with Gasteiger partial charge in [-0.2, -0.15) is 0 Å². The van der Waals surface area contributed by atoms with E-state index in [2.05, 4.69) is 25.1 Å². The van der Waals surface area contributed by atoms with Gasteiger partial charge in [0.05, 0.1) is 11.8 Å². The Bertz CT molecular complexity index is 778. The molecule has 4 rings (SSSR count). The lowest BCUT2D eigenvalue weighted by Gasteiger charge is -2.59. The Hall–Kier alpha value is -1.40. The SMILES string of the molecule is CO[C@]1(C(C)=NO)[C@H](O)C[C@@H]2[C@H]3CC=C4C[C@@H](OC(C)=O)CC[C@]4(C)[C@@H]3CC[C@@]21C. The number of aliphatic hydroxyl groups excluding tert-OH is 1. The first kappa shape index (κ1) is 21.8. The lowest BCUT2D eigenvalue weighted by molar-refractivity contribution is -0.149. The first-order valence-corrected chi connectivity index (χ1v) is 11.4. The van der Waals surface area contributed by atoms with Crippen molar-refractivity contribution in [2.24, 2.45) is 33.7 Å². The summed E-state index contributed by atoms with van der Waals surface area (Å²) in [5.41, 5.74) is 0.852. The summed E-state index contributed by atoms with van der Waals surface area (Å²) in [6, 6.07) is 0. The minimum absolute atomic E-state index is 0.00471. The number of nitrogens with zero attached hydrogens (tertiary/aromatic N) is 1. The van der Waals surface area contributed by atoms with Crippen LogP contribution in [0.25, 0.3) is 0 Å². The molecule has 6 nitrogen and oxygen atoms in total. The summed E-state index contributed by atoms with van der Waals surface area (Å²) in [5, 5.41) is 24.2. The average molecular weight is 420 g/mol. The minimum Gasteiger partial charge on any atom is -0.462 e. The van der Waals surface area contributed by atoms with Crippen LogP contribution in [0.5, 0.6) is 0 Å². The molecule has 0 heterocycles. The smallest absolute Gasteiger partial charge is 0.302 e. The van der Waals surface area contributed by atoms with Crippen molar-refractivity contribution in [3.05, 3.63) is 11.6 Å². The van der Waals surface area contributed by atoms with E-state index >= 15 is 0 Å². The van der Waals surface area contributed by atoms with Crippen molar-refractivity contribution in [2.45, 2.75) is 90.4 Å². The fourth-order valence-corrected chi connectivity index (χ4v) is 8.21. The highest BCUT2D eigenvalue weighted by Crippen LogP contribution is 2.68. The molecule has 6 heteroatoms. The van der Waals surface area contributed by atoms with Gasteiger partial charge in [-0.05, 0) is 68.6 Å². The van der Waals surface area contributed by atoms with Crippen LogP contribution in [0.1, 0.15) is 72.6 Å². The van der Waals surface area contributed by atoms with Crippen molar-refractivity contribution < 1.29 is 24.6 Å². The number of ether oxygens (including phenoxy) is 2. The van der Waals surface area contributed by atoms with Crippen LogP contribution in [-0.2, 0) is 14.3 Å². The maximum Gasteiger partial charge on any atom is 0.302 e. The van der Waals surface area contributed by atoms with E-state index in [0.29, 0.717) is 29.9 Å². The third-order valence-electron chi connectivity index (χ3n) is 9.59. The van der Waals surface area contributed by atoms with Gasteiger partial charge in [-0.15, -0.1) is 0 Å². The largest absolute Gasteiger partial charge is 0.462 e. The number of fused-ring (bicyclic) bond motifs is 5. The number of aliphatic hydroxyl groups is 1. The Kier molecular flexibility index (Phi) is 5.33. The van der Waals surface area contributed by atoms with Crippen molar-refractivity contribution in [3.8, 4) is 0 Å². The Morgan fingerprint density at radius 2 is 1.93 bits per heavy atom. The molecule has 0 radical (unpaired) electrons. The molecule has 0 aromatic carbocycles. The Morgan fingerprint density at radius 1 is 1.20 bits per heavy atom. The highest BCUT2D eigenvalue weighted by Gasteiger charge is 2.69. The molecule has 0 aromatic rings. The van der Waals surface area contributed by atoms with Crippen LogP contribution >= 0.6 is 0 Å². The van der Waals surface area contributed by atoms with Gasteiger partial charge in [0, 0.05) is 25.9 Å². The van der Waals surface area contributed by atoms with Crippen LogP contribution in [0, 0.1) is 28.6 Å². The quantitative estimate of drug-likeness (QED) is 0.236. The minimum atomic E-state index is -0.935. The average Bonchev–Trinajstić information content (AvgIpc) is 2.94. The summed E-state index contributed by atoms with van der Waals surface area (Å²) >= 11 is 0. The van der Waals surface area contributed by atoms with Gasteiger partial charge in [0.1, 0.15) is 11.7 Å². The molecule has 8 atom stereocenters. The van der Waals surface area contributed by atoms with E-state index in [4.69, 9.17) is 9.47 Å². The van der Waals surface area contributed by atoms with Gasteiger partial charge in [0.25, 0.3) is 0 Å². The van der Waals surface area contributed by atoms with Gasteiger partial charge < -0.3 is 19.8 Å². The van der Waals surface area contributed by atoms with Crippen LogP contribution in [0.4, 0.5) is 0 Å². The zero-order valence-electron chi connectivity index (χ0n) is 19.0. The molecule has 30 heavy (non-hydrogen) atoms. The molecule has 0 saturated heterocycles. The summed E-state index contributed by atoms with van der Waals surface area (Å²) < 4.78 is 11.5. The zero-order valence-corrected chi connectivity index (χ0v) is 19.0. The van der Waals surface area contributed by atoms with Crippen molar-refractivity contribution in [1.29, 1.82) is 0 Å². The molecule has 0 unspecified atom stereocenters. The molecular formula is C24H37NO5. The summed E-state index contributed by atoms with van der Waals surface area (Å²) in [6.45, 7) is 7.88. The number of allylic oxidation sites excluding steroid dienone is 1. The lowest BCUT2D eigenvalue weighted by atomic mass is 9.46. The fourth-order valence-electron chi connectivity index (χ4n) is 8.21.